The smallest absolute Gasteiger partial charge is 0.191 e. The normalized spacial score (nSPS) is 13.9. The third-order valence-electron chi connectivity index (χ3n) is 2.65. The van der Waals surface area contributed by atoms with Crippen molar-refractivity contribution in [1.82, 2.24) is 10.6 Å². The van der Waals surface area contributed by atoms with Crippen molar-refractivity contribution in [2.45, 2.75) is 33.4 Å². The van der Waals surface area contributed by atoms with E-state index in [1.807, 2.05) is 12.1 Å². The largest absolute Gasteiger partial charge is 0.354 e. The molecule has 1 atom stereocenters. The van der Waals surface area contributed by atoms with Gasteiger partial charge in [-0.15, -0.1) is 11.3 Å². The summed E-state index contributed by atoms with van der Waals surface area (Å²) in [6, 6.07) is 4.34. The summed E-state index contributed by atoms with van der Waals surface area (Å²) in [6.45, 7) is 7.27. The lowest BCUT2D eigenvalue weighted by Crippen LogP contribution is -2.43. The third kappa shape index (κ3) is 4.96. The number of aliphatic imine (C=N–C) groups is 1. The lowest BCUT2D eigenvalue weighted by atomic mass is 10.1. The molecule has 0 fully saturated rings. The lowest BCUT2D eigenvalue weighted by molar-refractivity contribution is 0.481. The van der Waals surface area contributed by atoms with Crippen LogP contribution in [0, 0.1) is 5.92 Å². The molecule has 0 aliphatic rings. The summed E-state index contributed by atoms with van der Waals surface area (Å²) in [5.74, 6) is 1.40. The highest BCUT2D eigenvalue weighted by atomic mass is 35.5. The Labute approximate surface area is 112 Å². The van der Waals surface area contributed by atoms with Crippen LogP contribution < -0.4 is 10.6 Å². The molecule has 2 N–H and O–H groups in total. The molecule has 17 heavy (non-hydrogen) atoms. The number of halogens is 1. The molecule has 0 spiro atoms. The Morgan fingerprint density at radius 2 is 2.12 bits per heavy atom. The van der Waals surface area contributed by atoms with E-state index in [1.165, 1.54) is 4.88 Å². The molecule has 1 aromatic heterocycles. The van der Waals surface area contributed by atoms with Crippen LogP contribution in [0.5, 0.6) is 0 Å². The van der Waals surface area contributed by atoms with E-state index in [2.05, 4.69) is 36.4 Å². The molecule has 0 aliphatic heterocycles. The number of rotatable bonds is 4. The van der Waals surface area contributed by atoms with E-state index in [4.69, 9.17) is 11.6 Å². The van der Waals surface area contributed by atoms with Crippen LogP contribution in [0.3, 0.4) is 0 Å². The van der Waals surface area contributed by atoms with Gasteiger partial charge in [-0.2, -0.15) is 0 Å². The maximum Gasteiger partial charge on any atom is 0.191 e. The summed E-state index contributed by atoms with van der Waals surface area (Å²) < 4.78 is 0.820. The van der Waals surface area contributed by atoms with Crippen LogP contribution in [0.1, 0.15) is 25.6 Å². The van der Waals surface area contributed by atoms with Gasteiger partial charge < -0.3 is 10.6 Å². The fraction of sp³-hybridized carbons (Fsp3) is 0.583. The Bertz CT molecular complexity index is 374. The molecular formula is C12H20ClN3S. The predicted octanol–water partition coefficient (Wildman–Crippen LogP) is 3.11. The van der Waals surface area contributed by atoms with Gasteiger partial charge in [-0.05, 0) is 25.0 Å². The summed E-state index contributed by atoms with van der Waals surface area (Å²) in [7, 11) is 1.78. The molecule has 0 saturated heterocycles. The molecule has 0 aliphatic carbocycles. The van der Waals surface area contributed by atoms with Gasteiger partial charge in [0.2, 0.25) is 0 Å². The van der Waals surface area contributed by atoms with Crippen LogP contribution in [-0.2, 0) is 6.54 Å². The first-order chi connectivity index (χ1) is 8.02. The Morgan fingerprint density at radius 1 is 1.41 bits per heavy atom. The molecule has 0 radical (unpaired) electrons. The zero-order valence-corrected chi connectivity index (χ0v) is 12.3. The van der Waals surface area contributed by atoms with Crippen molar-refractivity contribution in [3.05, 3.63) is 21.3 Å². The Hall–Kier alpha value is -0.740. The van der Waals surface area contributed by atoms with E-state index in [0.717, 1.165) is 16.8 Å². The van der Waals surface area contributed by atoms with Crippen molar-refractivity contribution in [3.63, 3.8) is 0 Å². The molecule has 0 bridgehead atoms. The quantitative estimate of drug-likeness (QED) is 0.653. The highest BCUT2D eigenvalue weighted by molar-refractivity contribution is 7.16. The lowest BCUT2D eigenvalue weighted by Gasteiger charge is -2.20. The molecule has 1 heterocycles. The number of hydrogen-bond donors (Lipinski definition) is 2. The molecule has 1 rings (SSSR count). The predicted molar refractivity (Wildman–Crippen MR) is 77.0 cm³/mol. The zero-order valence-electron chi connectivity index (χ0n) is 10.7. The average Bonchev–Trinajstić information content (AvgIpc) is 2.69. The monoisotopic (exact) mass is 273 g/mol. The summed E-state index contributed by atoms with van der Waals surface area (Å²) >= 11 is 7.47. The second-order valence-corrected chi connectivity index (χ2v) is 6.11. The van der Waals surface area contributed by atoms with Crippen LogP contribution in [-0.4, -0.2) is 19.0 Å². The molecule has 3 nitrogen and oxygen atoms in total. The number of thiophene rings is 1. The van der Waals surface area contributed by atoms with Gasteiger partial charge in [0.15, 0.2) is 5.96 Å². The fourth-order valence-electron chi connectivity index (χ4n) is 1.19. The molecule has 1 aromatic rings. The van der Waals surface area contributed by atoms with Gasteiger partial charge in [-0.25, -0.2) is 0 Å². The number of hydrogen-bond acceptors (Lipinski definition) is 2. The molecular weight excluding hydrogens is 254 g/mol. The maximum atomic E-state index is 5.88. The highest BCUT2D eigenvalue weighted by Crippen LogP contribution is 2.20. The van der Waals surface area contributed by atoms with Crippen molar-refractivity contribution < 1.29 is 0 Å². The van der Waals surface area contributed by atoms with E-state index in [9.17, 15) is 0 Å². The Kier molecular flexibility index (Phi) is 5.78. The number of nitrogens with one attached hydrogen (secondary N) is 2. The number of nitrogens with zero attached hydrogens (tertiary/aromatic N) is 1. The van der Waals surface area contributed by atoms with Crippen LogP contribution in [0.2, 0.25) is 4.34 Å². The van der Waals surface area contributed by atoms with Crippen LogP contribution in [0.15, 0.2) is 17.1 Å². The topological polar surface area (TPSA) is 36.4 Å². The first-order valence-corrected chi connectivity index (χ1v) is 6.93. The van der Waals surface area contributed by atoms with E-state index >= 15 is 0 Å². The first-order valence-electron chi connectivity index (χ1n) is 5.74. The van der Waals surface area contributed by atoms with Gasteiger partial charge in [-0.1, -0.05) is 25.4 Å². The zero-order chi connectivity index (χ0) is 12.8. The minimum Gasteiger partial charge on any atom is -0.354 e. The van der Waals surface area contributed by atoms with E-state index in [-0.39, 0.29) is 0 Å². The SMILES string of the molecule is CN=C(NCc1ccc(Cl)s1)NC(C)C(C)C. The minimum absolute atomic E-state index is 0.396. The summed E-state index contributed by atoms with van der Waals surface area (Å²) in [5.41, 5.74) is 0. The van der Waals surface area contributed by atoms with Gasteiger partial charge in [0.05, 0.1) is 10.9 Å². The van der Waals surface area contributed by atoms with Gasteiger partial charge >= 0.3 is 0 Å². The Morgan fingerprint density at radius 3 is 2.59 bits per heavy atom. The van der Waals surface area contributed by atoms with Gasteiger partial charge in [0, 0.05) is 18.0 Å². The number of guanidine groups is 1. The van der Waals surface area contributed by atoms with Gasteiger partial charge in [0.25, 0.3) is 0 Å². The molecule has 1 unspecified atom stereocenters. The van der Waals surface area contributed by atoms with Crippen molar-refractivity contribution in [1.29, 1.82) is 0 Å². The molecule has 0 aromatic carbocycles. The Balaban J connectivity index is 2.43. The summed E-state index contributed by atoms with van der Waals surface area (Å²) in [6.07, 6.45) is 0. The van der Waals surface area contributed by atoms with Crippen LogP contribution >= 0.6 is 22.9 Å². The first kappa shape index (κ1) is 14.3. The van der Waals surface area contributed by atoms with Crippen molar-refractivity contribution >= 4 is 28.9 Å². The van der Waals surface area contributed by atoms with Crippen molar-refractivity contribution in [2.24, 2.45) is 10.9 Å². The second-order valence-electron chi connectivity index (χ2n) is 4.31. The molecule has 5 heteroatoms. The molecule has 0 amide bonds. The average molecular weight is 274 g/mol. The molecule has 96 valence electrons. The van der Waals surface area contributed by atoms with Gasteiger partial charge in [-0.3, -0.25) is 4.99 Å². The third-order valence-corrected chi connectivity index (χ3v) is 3.88. The fourth-order valence-corrected chi connectivity index (χ4v) is 2.22. The standard InChI is InChI=1S/C12H20ClN3S/c1-8(2)9(3)16-12(14-4)15-7-10-5-6-11(13)17-10/h5-6,8-9H,7H2,1-4H3,(H2,14,15,16). The van der Waals surface area contributed by atoms with Crippen molar-refractivity contribution in [3.8, 4) is 0 Å². The van der Waals surface area contributed by atoms with Gasteiger partial charge in [0.1, 0.15) is 0 Å². The second kappa shape index (κ2) is 6.87. The van der Waals surface area contributed by atoms with Crippen LogP contribution in [0.4, 0.5) is 0 Å². The van der Waals surface area contributed by atoms with E-state index < -0.39 is 0 Å². The van der Waals surface area contributed by atoms with E-state index in [1.54, 1.807) is 18.4 Å². The molecule has 0 saturated carbocycles. The van der Waals surface area contributed by atoms with Crippen molar-refractivity contribution in [2.75, 3.05) is 7.05 Å². The minimum atomic E-state index is 0.396. The highest BCUT2D eigenvalue weighted by Gasteiger charge is 2.08. The summed E-state index contributed by atoms with van der Waals surface area (Å²) in [4.78, 5) is 5.40. The summed E-state index contributed by atoms with van der Waals surface area (Å²) in [5, 5.41) is 6.63. The maximum absolute atomic E-state index is 5.88. The van der Waals surface area contributed by atoms with Crippen LogP contribution in [0.25, 0.3) is 0 Å². The van der Waals surface area contributed by atoms with E-state index in [0.29, 0.717) is 12.0 Å².